The minimum Gasteiger partial charge on any atom is -0.456 e. The molecule has 0 aliphatic heterocycles. The quantitative estimate of drug-likeness (QED) is 0.712. The molecule has 0 aliphatic rings. The second kappa shape index (κ2) is 10.2. The number of nitrogens with one attached hydrogen (secondary N) is 2. The lowest BCUT2D eigenvalue weighted by Crippen LogP contribution is -2.35. The van der Waals surface area contributed by atoms with Crippen LogP contribution in [-0.2, 0) is 14.3 Å². The molecule has 7 nitrogen and oxygen atoms in total. The maximum absolute atomic E-state index is 11.7. The van der Waals surface area contributed by atoms with Gasteiger partial charge in [-0.1, -0.05) is 18.2 Å². The van der Waals surface area contributed by atoms with Gasteiger partial charge in [-0.15, -0.1) is 0 Å². The predicted octanol–water partition coefficient (Wildman–Crippen LogP) is 1.61. The first kappa shape index (κ1) is 18.5. The second-order valence-corrected chi connectivity index (χ2v) is 4.72. The largest absolute Gasteiger partial charge is 0.456 e. The lowest BCUT2D eigenvalue weighted by atomic mass is 10.3. The van der Waals surface area contributed by atoms with Gasteiger partial charge in [-0.3, -0.25) is 9.59 Å². The van der Waals surface area contributed by atoms with Gasteiger partial charge in [-0.2, -0.15) is 0 Å². The summed E-state index contributed by atoms with van der Waals surface area (Å²) in [6.07, 6.45) is 0.00768. The van der Waals surface area contributed by atoms with Gasteiger partial charge in [0, 0.05) is 25.3 Å². The lowest BCUT2D eigenvalue weighted by molar-refractivity contribution is -0.151. The zero-order valence-corrected chi connectivity index (χ0v) is 13.5. The monoisotopic (exact) mass is 321 g/mol. The number of hydrogen-bond donors (Lipinski definition) is 2. The Morgan fingerprint density at radius 2 is 1.74 bits per heavy atom. The minimum absolute atomic E-state index is 0.00768. The van der Waals surface area contributed by atoms with Gasteiger partial charge in [0.2, 0.25) is 0 Å². The van der Waals surface area contributed by atoms with Crippen LogP contribution in [0, 0.1) is 0 Å². The minimum atomic E-state index is -0.523. The van der Waals surface area contributed by atoms with Crippen molar-refractivity contribution in [1.29, 1.82) is 0 Å². The van der Waals surface area contributed by atoms with Crippen molar-refractivity contribution in [2.45, 2.75) is 20.3 Å². The van der Waals surface area contributed by atoms with Gasteiger partial charge in [0.25, 0.3) is 5.91 Å². The number of ether oxygens (including phenoxy) is 1. The van der Waals surface area contributed by atoms with Crippen LogP contribution < -0.4 is 10.6 Å². The fourth-order valence-corrected chi connectivity index (χ4v) is 1.86. The third kappa shape index (κ3) is 7.30. The number of benzene rings is 1. The van der Waals surface area contributed by atoms with Crippen LogP contribution in [0.25, 0.3) is 0 Å². The Hall–Kier alpha value is -2.57. The van der Waals surface area contributed by atoms with E-state index >= 15 is 0 Å². The summed E-state index contributed by atoms with van der Waals surface area (Å²) in [5.74, 6) is -0.747. The average molecular weight is 321 g/mol. The maximum atomic E-state index is 11.7. The molecule has 1 aromatic carbocycles. The first-order valence-electron chi connectivity index (χ1n) is 7.60. The summed E-state index contributed by atoms with van der Waals surface area (Å²) in [6.45, 7) is 4.74. The molecule has 2 N–H and O–H groups in total. The van der Waals surface area contributed by atoms with Crippen molar-refractivity contribution in [3.05, 3.63) is 30.3 Å². The van der Waals surface area contributed by atoms with Crippen molar-refractivity contribution in [1.82, 2.24) is 10.2 Å². The molecule has 7 heteroatoms. The van der Waals surface area contributed by atoms with E-state index in [2.05, 4.69) is 10.6 Å². The van der Waals surface area contributed by atoms with Crippen LogP contribution in [0.15, 0.2) is 30.3 Å². The van der Waals surface area contributed by atoms with Crippen molar-refractivity contribution in [2.75, 3.05) is 31.6 Å². The highest BCUT2D eigenvalue weighted by Crippen LogP contribution is 2.04. The molecule has 0 saturated carbocycles. The van der Waals surface area contributed by atoms with Crippen molar-refractivity contribution in [2.24, 2.45) is 0 Å². The number of carbonyl (C=O) groups excluding carboxylic acids is 3. The lowest BCUT2D eigenvalue weighted by Gasteiger charge is -2.18. The predicted molar refractivity (Wildman–Crippen MR) is 87.0 cm³/mol. The molecule has 0 heterocycles. The number of urea groups is 1. The van der Waals surface area contributed by atoms with Crippen molar-refractivity contribution < 1.29 is 19.1 Å². The Morgan fingerprint density at radius 1 is 1.09 bits per heavy atom. The van der Waals surface area contributed by atoms with E-state index in [1.807, 2.05) is 19.9 Å². The first-order chi connectivity index (χ1) is 11.1. The maximum Gasteiger partial charge on any atom is 0.319 e. The summed E-state index contributed by atoms with van der Waals surface area (Å²) in [4.78, 5) is 36.4. The summed E-state index contributed by atoms with van der Waals surface area (Å²) < 4.78 is 4.89. The average Bonchev–Trinajstić information content (AvgIpc) is 2.55. The van der Waals surface area contributed by atoms with Gasteiger partial charge in [-0.25, -0.2) is 4.79 Å². The van der Waals surface area contributed by atoms with Gasteiger partial charge in [0.1, 0.15) is 0 Å². The first-order valence-corrected chi connectivity index (χ1v) is 7.60. The molecule has 0 bridgehead atoms. The van der Waals surface area contributed by atoms with E-state index in [-0.39, 0.29) is 25.5 Å². The van der Waals surface area contributed by atoms with Gasteiger partial charge in [-0.05, 0) is 26.0 Å². The number of anilines is 1. The van der Waals surface area contributed by atoms with E-state index in [1.54, 1.807) is 29.2 Å². The molecule has 0 unspecified atom stereocenters. The van der Waals surface area contributed by atoms with E-state index in [0.717, 1.165) is 0 Å². The van der Waals surface area contributed by atoms with Gasteiger partial charge >= 0.3 is 12.0 Å². The van der Waals surface area contributed by atoms with Crippen LogP contribution in [-0.4, -0.2) is 49.0 Å². The number of esters is 1. The van der Waals surface area contributed by atoms with E-state index in [1.165, 1.54) is 0 Å². The summed E-state index contributed by atoms with van der Waals surface area (Å²) >= 11 is 0. The summed E-state index contributed by atoms with van der Waals surface area (Å²) in [5.41, 5.74) is 0.664. The smallest absolute Gasteiger partial charge is 0.319 e. The highest BCUT2D eigenvalue weighted by molar-refractivity contribution is 5.89. The molecule has 23 heavy (non-hydrogen) atoms. The highest BCUT2D eigenvalue weighted by Gasteiger charge is 2.12. The van der Waals surface area contributed by atoms with E-state index < -0.39 is 12.0 Å². The zero-order valence-electron chi connectivity index (χ0n) is 13.5. The molecule has 0 atom stereocenters. The molecule has 1 aromatic rings. The number of nitrogens with zero attached hydrogens (tertiary/aromatic N) is 1. The van der Waals surface area contributed by atoms with Gasteiger partial charge < -0.3 is 20.3 Å². The van der Waals surface area contributed by atoms with Crippen molar-refractivity contribution in [3.63, 3.8) is 0 Å². The van der Waals surface area contributed by atoms with Crippen molar-refractivity contribution in [3.8, 4) is 0 Å². The molecule has 0 radical (unpaired) electrons. The number of rotatable bonds is 8. The van der Waals surface area contributed by atoms with E-state index in [0.29, 0.717) is 18.8 Å². The van der Waals surface area contributed by atoms with Crippen LogP contribution in [0.4, 0.5) is 10.5 Å². The summed E-state index contributed by atoms with van der Waals surface area (Å²) in [5, 5.41) is 5.18. The van der Waals surface area contributed by atoms with Crippen LogP contribution in [0.3, 0.4) is 0 Å². The molecule has 126 valence electrons. The van der Waals surface area contributed by atoms with Crippen LogP contribution in [0.5, 0.6) is 0 Å². The molecule has 0 fully saturated rings. The standard InChI is InChI=1S/C16H23N3O4/c1-3-19(4-2)14(20)12-23-15(21)10-11-17-16(22)18-13-8-6-5-7-9-13/h5-9H,3-4,10-12H2,1-2H3,(H2,17,18,22). The molecule has 3 amide bonds. The van der Waals surface area contributed by atoms with Crippen LogP contribution in [0.2, 0.25) is 0 Å². The van der Waals surface area contributed by atoms with Crippen LogP contribution in [0.1, 0.15) is 20.3 Å². The SMILES string of the molecule is CCN(CC)C(=O)COC(=O)CCNC(=O)Nc1ccccc1. The Balaban J connectivity index is 2.18. The second-order valence-electron chi connectivity index (χ2n) is 4.72. The third-order valence-corrected chi connectivity index (χ3v) is 3.12. The van der Waals surface area contributed by atoms with E-state index in [9.17, 15) is 14.4 Å². The van der Waals surface area contributed by atoms with Crippen molar-refractivity contribution >= 4 is 23.6 Å². The summed E-state index contributed by atoms with van der Waals surface area (Å²) in [7, 11) is 0. The molecule has 0 spiro atoms. The fourth-order valence-electron chi connectivity index (χ4n) is 1.86. The zero-order chi connectivity index (χ0) is 17.1. The Kier molecular flexibility index (Phi) is 8.20. The van der Waals surface area contributed by atoms with Crippen LogP contribution >= 0.6 is 0 Å². The number of hydrogen-bond acceptors (Lipinski definition) is 4. The molecule has 0 saturated heterocycles. The summed E-state index contributed by atoms with van der Waals surface area (Å²) in [6, 6.07) is 8.57. The normalized spacial score (nSPS) is 9.83. The Labute approximate surface area is 136 Å². The molecule has 0 aliphatic carbocycles. The molecular formula is C16H23N3O4. The highest BCUT2D eigenvalue weighted by atomic mass is 16.5. The Morgan fingerprint density at radius 3 is 2.35 bits per heavy atom. The topological polar surface area (TPSA) is 87.7 Å². The molecule has 1 rings (SSSR count). The molecule has 0 aromatic heterocycles. The van der Waals surface area contributed by atoms with E-state index in [4.69, 9.17) is 4.74 Å². The number of para-hydroxylation sites is 1. The third-order valence-electron chi connectivity index (χ3n) is 3.12. The van der Waals surface area contributed by atoms with Gasteiger partial charge in [0.15, 0.2) is 6.61 Å². The fraction of sp³-hybridized carbons (Fsp3) is 0.438. The Bertz CT molecular complexity index is 515. The number of carbonyl (C=O) groups is 3. The number of amides is 3. The van der Waals surface area contributed by atoms with Gasteiger partial charge in [0.05, 0.1) is 6.42 Å². The number of likely N-dealkylation sites (N-methyl/N-ethyl adjacent to an activating group) is 1. The molecular weight excluding hydrogens is 298 g/mol.